The molecular weight excluding hydrogens is 437 g/mol. The minimum absolute atomic E-state index is 0.00571. The topological polar surface area (TPSA) is 76.1 Å². The maximum Gasteiger partial charge on any atom is 0.245 e. The SMILES string of the molecule is COc1cccc(CCc2c(Cl)c(CO)cc(Cl)c2S(=O)(=O)N2CCOCC2)c1. The van der Waals surface area contributed by atoms with Crippen LogP contribution in [0.3, 0.4) is 0 Å². The molecule has 0 atom stereocenters. The molecule has 1 aliphatic rings. The number of methoxy groups -OCH3 is 1. The molecule has 1 N–H and O–H groups in total. The van der Waals surface area contributed by atoms with Gasteiger partial charge in [-0.25, -0.2) is 8.42 Å². The first-order valence-corrected chi connectivity index (χ1v) is 11.4. The largest absolute Gasteiger partial charge is 0.497 e. The molecule has 0 amide bonds. The van der Waals surface area contributed by atoms with E-state index in [9.17, 15) is 13.5 Å². The van der Waals surface area contributed by atoms with Crippen molar-refractivity contribution in [1.82, 2.24) is 4.31 Å². The number of aliphatic hydroxyl groups excluding tert-OH is 1. The summed E-state index contributed by atoms with van der Waals surface area (Å²) in [5.41, 5.74) is 1.79. The fourth-order valence-electron chi connectivity index (χ4n) is 3.35. The fraction of sp³-hybridized carbons (Fsp3) is 0.400. The molecule has 158 valence electrons. The van der Waals surface area contributed by atoms with Gasteiger partial charge < -0.3 is 14.6 Å². The number of ether oxygens (including phenoxy) is 2. The van der Waals surface area contributed by atoms with Gasteiger partial charge in [0.15, 0.2) is 0 Å². The molecule has 0 radical (unpaired) electrons. The van der Waals surface area contributed by atoms with Gasteiger partial charge in [0.1, 0.15) is 10.6 Å². The van der Waals surface area contributed by atoms with Gasteiger partial charge in [0.25, 0.3) is 0 Å². The lowest BCUT2D eigenvalue weighted by Gasteiger charge is -2.28. The highest BCUT2D eigenvalue weighted by molar-refractivity contribution is 7.89. The van der Waals surface area contributed by atoms with E-state index in [1.54, 1.807) is 7.11 Å². The van der Waals surface area contributed by atoms with Crippen molar-refractivity contribution in [1.29, 1.82) is 0 Å². The van der Waals surface area contributed by atoms with Gasteiger partial charge in [-0.1, -0.05) is 35.3 Å². The van der Waals surface area contributed by atoms with Gasteiger partial charge in [-0.05, 0) is 47.7 Å². The number of aryl methyl sites for hydroxylation is 1. The third-order valence-electron chi connectivity index (χ3n) is 4.87. The van der Waals surface area contributed by atoms with Gasteiger partial charge in [-0.3, -0.25) is 0 Å². The van der Waals surface area contributed by atoms with Crippen LogP contribution in [0.2, 0.25) is 10.0 Å². The molecule has 0 spiro atoms. The third-order valence-corrected chi connectivity index (χ3v) is 7.78. The molecule has 1 heterocycles. The quantitative estimate of drug-likeness (QED) is 0.687. The second-order valence-corrected chi connectivity index (χ2v) is 9.33. The summed E-state index contributed by atoms with van der Waals surface area (Å²) >= 11 is 12.9. The summed E-state index contributed by atoms with van der Waals surface area (Å²) in [5, 5.41) is 9.92. The molecule has 2 aromatic carbocycles. The molecule has 0 saturated carbocycles. The van der Waals surface area contributed by atoms with Crippen LogP contribution in [0.4, 0.5) is 0 Å². The first-order chi connectivity index (χ1) is 13.9. The molecule has 1 saturated heterocycles. The van der Waals surface area contributed by atoms with Crippen LogP contribution in [-0.4, -0.2) is 51.2 Å². The van der Waals surface area contributed by atoms with Gasteiger partial charge in [0.2, 0.25) is 10.0 Å². The Morgan fingerprint density at radius 3 is 2.55 bits per heavy atom. The second kappa shape index (κ2) is 9.64. The zero-order valence-corrected chi connectivity index (χ0v) is 18.4. The van der Waals surface area contributed by atoms with Crippen LogP contribution in [-0.2, 0) is 34.2 Å². The van der Waals surface area contributed by atoms with Crippen molar-refractivity contribution in [3.05, 3.63) is 57.1 Å². The summed E-state index contributed by atoms with van der Waals surface area (Å²) in [5.74, 6) is 0.719. The zero-order chi connectivity index (χ0) is 21.0. The van der Waals surface area contributed by atoms with E-state index in [1.165, 1.54) is 10.4 Å². The van der Waals surface area contributed by atoms with Gasteiger partial charge >= 0.3 is 0 Å². The lowest BCUT2D eigenvalue weighted by atomic mass is 10.0. The molecule has 29 heavy (non-hydrogen) atoms. The predicted molar refractivity (Wildman–Crippen MR) is 112 cm³/mol. The van der Waals surface area contributed by atoms with E-state index >= 15 is 0 Å². The van der Waals surface area contributed by atoms with Crippen molar-refractivity contribution in [2.24, 2.45) is 0 Å². The number of hydrogen-bond donors (Lipinski definition) is 1. The Morgan fingerprint density at radius 2 is 1.90 bits per heavy atom. The van der Waals surface area contributed by atoms with Crippen LogP contribution in [0, 0.1) is 0 Å². The first kappa shape index (κ1) is 22.3. The Bertz CT molecular complexity index is 975. The normalized spacial score (nSPS) is 15.4. The number of nitrogens with zero attached hydrogens (tertiary/aromatic N) is 1. The van der Waals surface area contributed by atoms with Crippen LogP contribution < -0.4 is 4.74 Å². The predicted octanol–water partition coefficient (Wildman–Crippen LogP) is 3.30. The average molecular weight is 460 g/mol. The number of morpholine rings is 1. The van der Waals surface area contributed by atoms with Crippen LogP contribution in [0.25, 0.3) is 0 Å². The van der Waals surface area contributed by atoms with E-state index in [2.05, 4.69) is 0 Å². The smallest absolute Gasteiger partial charge is 0.245 e. The standard InChI is InChI=1S/C20H23Cl2NO5S/c1-27-16-4-2-3-14(11-16)5-6-17-19(22)15(13-24)12-18(21)20(17)29(25,26)23-7-9-28-10-8-23/h2-4,11-12,24H,5-10,13H2,1H3. The van der Waals surface area contributed by atoms with Crippen molar-refractivity contribution >= 4 is 33.2 Å². The van der Waals surface area contributed by atoms with E-state index in [1.807, 2.05) is 24.3 Å². The number of halogens is 2. The van der Waals surface area contributed by atoms with E-state index < -0.39 is 10.0 Å². The van der Waals surface area contributed by atoms with Crippen molar-refractivity contribution in [3.8, 4) is 5.75 Å². The molecular formula is C20H23Cl2NO5S. The summed E-state index contributed by atoms with van der Waals surface area (Å²) in [6.45, 7) is 0.847. The minimum atomic E-state index is -3.86. The first-order valence-electron chi connectivity index (χ1n) is 9.20. The highest BCUT2D eigenvalue weighted by Gasteiger charge is 2.32. The Hall–Kier alpha value is -1.35. The van der Waals surface area contributed by atoms with E-state index in [4.69, 9.17) is 32.7 Å². The van der Waals surface area contributed by atoms with Gasteiger partial charge in [-0.15, -0.1) is 0 Å². The van der Waals surface area contributed by atoms with E-state index in [0.717, 1.165) is 11.3 Å². The summed E-state index contributed by atoms with van der Waals surface area (Å²) in [4.78, 5) is 0.00571. The number of sulfonamides is 1. The fourth-order valence-corrected chi connectivity index (χ4v) is 5.96. The molecule has 1 fully saturated rings. The number of aliphatic hydroxyl groups is 1. The Kier molecular flexibility index (Phi) is 7.42. The number of benzene rings is 2. The maximum absolute atomic E-state index is 13.3. The van der Waals surface area contributed by atoms with Crippen LogP contribution in [0.1, 0.15) is 16.7 Å². The van der Waals surface area contributed by atoms with Crippen LogP contribution in [0.15, 0.2) is 35.2 Å². The number of hydrogen-bond acceptors (Lipinski definition) is 5. The highest BCUT2D eigenvalue weighted by atomic mass is 35.5. The Labute approximate surface area is 181 Å². The number of rotatable bonds is 7. The van der Waals surface area contributed by atoms with Crippen LogP contribution in [0.5, 0.6) is 5.75 Å². The second-order valence-electron chi connectivity index (χ2n) is 6.67. The summed E-state index contributed by atoms with van der Waals surface area (Å²) < 4.78 is 38.6. The van der Waals surface area contributed by atoms with Gasteiger partial charge in [0.05, 0.1) is 37.0 Å². The third kappa shape index (κ3) is 4.87. The van der Waals surface area contributed by atoms with Crippen molar-refractivity contribution in [3.63, 3.8) is 0 Å². The average Bonchev–Trinajstić information content (AvgIpc) is 2.74. The Balaban J connectivity index is 2.02. The molecule has 0 unspecified atom stereocenters. The molecule has 1 aliphatic heterocycles. The lowest BCUT2D eigenvalue weighted by molar-refractivity contribution is 0.0730. The summed E-state index contributed by atoms with van der Waals surface area (Å²) in [7, 11) is -2.27. The molecule has 0 aromatic heterocycles. The van der Waals surface area contributed by atoms with E-state index in [0.29, 0.717) is 37.2 Å². The zero-order valence-electron chi connectivity index (χ0n) is 16.0. The van der Waals surface area contributed by atoms with E-state index in [-0.39, 0.29) is 34.6 Å². The monoisotopic (exact) mass is 459 g/mol. The molecule has 3 rings (SSSR count). The van der Waals surface area contributed by atoms with Crippen molar-refractivity contribution in [2.75, 3.05) is 33.4 Å². The van der Waals surface area contributed by atoms with Gasteiger partial charge in [-0.2, -0.15) is 4.31 Å². The molecule has 9 heteroatoms. The summed E-state index contributed by atoms with van der Waals surface area (Å²) in [6.07, 6.45) is 0.881. The maximum atomic E-state index is 13.3. The van der Waals surface area contributed by atoms with Crippen molar-refractivity contribution in [2.45, 2.75) is 24.3 Å². The molecule has 2 aromatic rings. The lowest BCUT2D eigenvalue weighted by Crippen LogP contribution is -2.41. The van der Waals surface area contributed by atoms with Crippen LogP contribution >= 0.6 is 23.2 Å². The molecule has 0 aliphatic carbocycles. The van der Waals surface area contributed by atoms with Crippen molar-refractivity contribution < 1.29 is 23.0 Å². The minimum Gasteiger partial charge on any atom is -0.497 e. The Morgan fingerprint density at radius 1 is 1.17 bits per heavy atom. The molecule has 0 bridgehead atoms. The van der Waals surface area contributed by atoms with Gasteiger partial charge in [0, 0.05) is 13.1 Å². The highest BCUT2D eigenvalue weighted by Crippen LogP contribution is 2.37. The molecule has 6 nitrogen and oxygen atoms in total. The summed E-state index contributed by atoms with van der Waals surface area (Å²) in [6, 6.07) is 8.96.